The molecule has 4 amide bonds. The van der Waals surface area contributed by atoms with Gasteiger partial charge in [0.15, 0.2) is 0 Å². The third kappa shape index (κ3) is 5.29. The van der Waals surface area contributed by atoms with Crippen molar-refractivity contribution in [1.82, 2.24) is 5.32 Å². The number of carbonyl (C=O) groups is 3. The molecule has 196 valence electrons. The van der Waals surface area contributed by atoms with Crippen LogP contribution in [0.15, 0.2) is 107 Å². The molecule has 1 aliphatic carbocycles. The first-order valence-electron chi connectivity index (χ1n) is 12.6. The largest absolute Gasteiger partial charge is 0.489 e. The summed E-state index contributed by atoms with van der Waals surface area (Å²) < 4.78 is 5.92. The molecule has 1 aliphatic heterocycles. The number of allylic oxidation sites excluding steroid dienone is 5. The van der Waals surface area contributed by atoms with Crippen LogP contribution in [0.4, 0.5) is 10.5 Å². The molecule has 1 N–H and O–H groups in total. The highest BCUT2D eigenvalue weighted by atomic mass is 35.5. The number of ether oxygens (including phenoxy) is 1. The number of nitrogens with zero attached hydrogens (tertiary/aromatic N) is 1. The Labute approximate surface area is 232 Å². The van der Waals surface area contributed by atoms with Gasteiger partial charge in [0, 0.05) is 10.9 Å². The van der Waals surface area contributed by atoms with E-state index in [0.717, 1.165) is 44.1 Å². The fraction of sp³-hybridized carbons (Fsp3) is 0.156. The standard InChI is InChI=1S/C32H27ClN2O4/c1-19-9-12-25(17-28(19)33)35-31(37)27(30(36)34-32(35)38)16-24-15-20(2)29(21(24)3)23-10-13-26(14-11-23)39-18-22-7-5-4-6-8-22/h4-17,29H,18H2,1-3H3,(H,34,36,38)/b27-16-/t29-/m0/s1. The zero-order valence-corrected chi connectivity index (χ0v) is 22.6. The minimum atomic E-state index is -0.807. The van der Waals surface area contributed by atoms with Gasteiger partial charge in [-0.2, -0.15) is 0 Å². The van der Waals surface area contributed by atoms with E-state index in [0.29, 0.717) is 17.3 Å². The summed E-state index contributed by atoms with van der Waals surface area (Å²) in [6, 6.07) is 22.0. The monoisotopic (exact) mass is 538 g/mol. The van der Waals surface area contributed by atoms with Crippen LogP contribution in [0.25, 0.3) is 0 Å². The molecule has 6 nitrogen and oxygen atoms in total. The Morgan fingerprint density at radius 3 is 2.36 bits per heavy atom. The summed E-state index contributed by atoms with van der Waals surface area (Å²) in [6.45, 7) is 6.32. The quantitative estimate of drug-likeness (QED) is 0.277. The van der Waals surface area contributed by atoms with Crippen LogP contribution in [0.1, 0.15) is 36.5 Å². The van der Waals surface area contributed by atoms with Gasteiger partial charge < -0.3 is 4.74 Å². The van der Waals surface area contributed by atoms with Gasteiger partial charge in [0.1, 0.15) is 17.9 Å². The maximum absolute atomic E-state index is 13.3. The molecule has 1 heterocycles. The molecule has 2 aliphatic rings. The number of barbiturate groups is 1. The number of carbonyl (C=O) groups excluding carboxylic acids is 3. The zero-order chi connectivity index (χ0) is 27.7. The van der Waals surface area contributed by atoms with E-state index in [1.54, 1.807) is 18.2 Å². The summed E-state index contributed by atoms with van der Waals surface area (Å²) >= 11 is 6.22. The van der Waals surface area contributed by atoms with Gasteiger partial charge in [0.2, 0.25) is 0 Å². The van der Waals surface area contributed by atoms with Crippen LogP contribution < -0.4 is 15.0 Å². The summed E-state index contributed by atoms with van der Waals surface area (Å²) in [5, 5.41) is 2.69. The van der Waals surface area contributed by atoms with Crippen molar-refractivity contribution in [2.45, 2.75) is 33.3 Å². The minimum Gasteiger partial charge on any atom is -0.489 e. The molecule has 1 saturated heterocycles. The predicted octanol–water partition coefficient (Wildman–Crippen LogP) is 6.80. The Hall–Kier alpha value is -4.42. The third-order valence-corrected chi connectivity index (χ3v) is 7.41. The number of urea groups is 1. The molecule has 1 atom stereocenters. The molecule has 0 aromatic heterocycles. The topological polar surface area (TPSA) is 75.7 Å². The molecule has 0 unspecified atom stereocenters. The molecular formula is C32H27ClN2O4. The second-order valence-electron chi connectivity index (χ2n) is 9.69. The van der Waals surface area contributed by atoms with Gasteiger partial charge >= 0.3 is 6.03 Å². The van der Waals surface area contributed by atoms with Crippen LogP contribution in [0.3, 0.4) is 0 Å². The van der Waals surface area contributed by atoms with Crippen molar-refractivity contribution in [2.75, 3.05) is 4.90 Å². The lowest BCUT2D eigenvalue weighted by Crippen LogP contribution is -2.54. The fourth-order valence-electron chi connectivity index (χ4n) is 4.88. The van der Waals surface area contributed by atoms with Crippen molar-refractivity contribution < 1.29 is 19.1 Å². The van der Waals surface area contributed by atoms with Crippen molar-refractivity contribution in [3.8, 4) is 5.75 Å². The Bertz CT molecular complexity index is 1570. The van der Waals surface area contributed by atoms with Crippen molar-refractivity contribution in [3.63, 3.8) is 0 Å². The lowest BCUT2D eigenvalue weighted by atomic mass is 9.89. The maximum Gasteiger partial charge on any atom is 0.335 e. The zero-order valence-electron chi connectivity index (χ0n) is 21.8. The van der Waals surface area contributed by atoms with E-state index >= 15 is 0 Å². The highest BCUT2D eigenvalue weighted by Gasteiger charge is 2.37. The fourth-order valence-corrected chi connectivity index (χ4v) is 5.06. The first-order valence-corrected chi connectivity index (χ1v) is 12.9. The maximum atomic E-state index is 13.3. The number of hydrogen-bond donors (Lipinski definition) is 1. The Kier molecular flexibility index (Phi) is 7.22. The predicted molar refractivity (Wildman–Crippen MR) is 152 cm³/mol. The SMILES string of the molecule is CC1=CC(/C=C2/C(=O)NC(=O)N(c3ccc(C)c(Cl)c3)C2=O)=C(C)[C@H]1c1ccc(OCc2ccccc2)cc1. The summed E-state index contributed by atoms with van der Waals surface area (Å²) in [5.41, 5.74) is 6.01. The molecule has 5 rings (SSSR count). The second-order valence-corrected chi connectivity index (χ2v) is 10.1. The number of amides is 4. The van der Waals surface area contributed by atoms with Gasteiger partial charge in [-0.25, -0.2) is 9.69 Å². The van der Waals surface area contributed by atoms with E-state index in [1.165, 1.54) is 6.07 Å². The van der Waals surface area contributed by atoms with Crippen molar-refractivity contribution in [1.29, 1.82) is 0 Å². The first-order chi connectivity index (χ1) is 18.7. The number of nitrogens with one attached hydrogen (secondary N) is 1. The van der Waals surface area contributed by atoms with E-state index in [-0.39, 0.29) is 11.5 Å². The second kappa shape index (κ2) is 10.8. The van der Waals surface area contributed by atoms with Gasteiger partial charge in [-0.05, 0) is 73.4 Å². The molecule has 0 spiro atoms. The minimum absolute atomic E-state index is 0.00424. The number of benzene rings is 3. The van der Waals surface area contributed by atoms with Crippen LogP contribution >= 0.6 is 11.6 Å². The first kappa shape index (κ1) is 26.2. The van der Waals surface area contributed by atoms with Crippen molar-refractivity contribution in [2.24, 2.45) is 0 Å². The van der Waals surface area contributed by atoms with Crippen molar-refractivity contribution in [3.05, 3.63) is 129 Å². The molecule has 0 radical (unpaired) electrons. The molecule has 0 bridgehead atoms. The molecule has 3 aromatic rings. The van der Waals surface area contributed by atoms with Gasteiger partial charge in [-0.1, -0.05) is 77.4 Å². The van der Waals surface area contributed by atoms with Gasteiger partial charge in [-0.3, -0.25) is 14.9 Å². The van der Waals surface area contributed by atoms with Crippen LogP contribution in [0.5, 0.6) is 5.75 Å². The summed E-state index contributed by atoms with van der Waals surface area (Å²) in [7, 11) is 0. The molecule has 39 heavy (non-hydrogen) atoms. The number of anilines is 1. The highest BCUT2D eigenvalue weighted by molar-refractivity contribution is 6.38. The van der Waals surface area contributed by atoms with Crippen LogP contribution in [0, 0.1) is 6.92 Å². The van der Waals surface area contributed by atoms with E-state index in [2.05, 4.69) is 5.32 Å². The Morgan fingerprint density at radius 2 is 1.67 bits per heavy atom. The molecular weight excluding hydrogens is 512 g/mol. The molecule has 3 aromatic carbocycles. The number of imide groups is 2. The van der Waals surface area contributed by atoms with E-state index in [9.17, 15) is 14.4 Å². The number of hydrogen-bond acceptors (Lipinski definition) is 4. The van der Waals surface area contributed by atoms with Gasteiger partial charge in [-0.15, -0.1) is 0 Å². The summed E-state index contributed by atoms with van der Waals surface area (Å²) in [6.07, 6.45) is 3.53. The Morgan fingerprint density at radius 1 is 0.949 bits per heavy atom. The van der Waals surface area contributed by atoms with Crippen LogP contribution in [-0.2, 0) is 16.2 Å². The van der Waals surface area contributed by atoms with Crippen molar-refractivity contribution >= 4 is 35.1 Å². The van der Waals surface area contributed by atoms with E-state index in [1.807, 2.05) is 81.4 Å². The Balaban J connectivity index is 1.38. The summed E-state index contributed by atoms with van der Waals surface area (Å²) in [4.78, 5) is 39.6. The summed E-state index contributed by atoms with van der Waals surface area (Å²) in [5.74, 6) is -0.653. The van der Waals surface area contributed by atoms with E-state index < -0.39 is 17.8 Å². The number of rotatable bonds is 6. The molecule has 1 fully saturated rings. The van der Waals surface area contributed by atoms with E-state index in [4.69, 9.17) is 16.3 Å². The molecule has 0 saturated carbocycles. The normalized spacial score (nSPS) is 18.5. The van der Waals surface area contributed by atoms with Gasteiger partial charge in [0.05, 0.1) is 5.69 Å². The number of aryl methyl sites for hydroxylation is 1. The van der Waals surface area contributed by atoms with Gasteiger partial charge in [0.25, 0.3) is 11.8 Å². The number of halogens is 1. The highest BCUT2D eigenvalue weighted by Crippen LogP contribution is 2.41. The van der Waals surface area contributed by atoms with Crippen LogP contribution in [-0.4, -0.2) is 17.8 Å². The van der Waals surface area contributed by atoms with Crippen LogP contribution in [0.2, 0.25) is 5.02 Å². The lowest BCUT2D eigenvalue weighted by Gasteiger charge is -2.26. The third-order valence-electron chi connectivity index (χ3n) is 7.00. The molecule has 7 heteroatoms. The average Bonchev–Trinajstić information content (AvgIpc) is 3.20. The smallest absolute Gasteiger partial charge is 0.335 e. The average molecular weight is 539 g/mol. The lowest BCUT2D eigenvalue weighted by molar-refractivity contribution is -0.122.